The van der Waals surface area contributed by atoms with Crippen molar-refractivity contribution in [1.82, 2.24) is 19.4 Å². The average molecular weight is 465 g/mol. The number of benzene rings is 1. The first kappa shape index (κ1) is 21.9. The van der Waals surface area contributed by atoms with E-state index in [1.807, 2.05) is 6.92 Å². The van der Waals surface area contributed by atoms with Gasteiger partial charge in [0.25, 0.3) is 0 Å². The van der Waals surface area contributed by atoms with Gasteiger partial charge >= 0.3 is 0 Å². The summed E-state index contributed by atoms with van der Waals surface area (Å²) in [5, 5.41) is 4.33. The summed E-state index contributed by atoms with van der Waals surface area (Å²) in [7, 11) is -3.58. The molecule has 3 aromatic rings. The van der Waals surface area contributed by atoms with Crippen molar-refractivity contribution in [3.8, 4) is 11.4 Å². The van der Waals surface area contributed by atoms with E-state index in [4.69, 9.17) is 9.26 Å². The molecule has 2 aromatic heterocycles. The molecule has 0 unspecified atom stereocenters. The van der Waals surface area contributed by atoms with Crippen LogP contribution >= 0.6 is 11.8 Å². The molecule has 164 valence electrons. The molecule has 1 atom stereocenters. The quantitative estimate of drug-likeness (QED) is 0.512. The van der Waals surface area contributed by atoms with Gasteiger partial charge in [-0.05, 0) is 37.6 Å². The lowest BCUT2D eigenvalue weighted by Gasteiger charge is -2.25. The van der Waals surface area contributed by atoms with Gasteiger partial charge in [-0.1, -0.05) is 29.1 Å². The Bertz CT molecular complexity index is 1160. The SMILES string of the molecule is Cc1ccc(-c2noc([C@H](C)Sc3ccc(S(=O)(=O)N4CCOCC4)cn3)n2)cc1F. The number of pyridine rings is 1. The molecule has 31 heavy (non-hydrogen) atoms. The number of aryl methyl sites for hydroxylation is 1. The molecular weight excluding hydrogens is 443 g/mol. The van der Waals surface area contributed by atoms with Gasteiger partial charge in [-0.25, -0.2) is 17.8 Å². The molecule has 3 heterocycles. The van der Waals surface area contributed by atoms with Crippen molar-refractivity contribution in [2.45, 2.75) is 29.0 Å². The van der Waals surface area contributed by atoms with E-state index in [0.29, 0.717) is 54.2 Å². The van der Waals surface area contributed by atoms with Crippen molar-refractivity contribution in [2.24, 2.45) is 0 Å². The minimum Gasteiger partial charge on any atom is -0.379 e. The van der Waals surface area contributed by atoms with Crippen LogP contribution in [0.1, 0.15) is 23.6 Å². The molecule has 0 amide bonds. The molecular formula is C20H21FN4O4S2. The number of ether oxygens (including phenoxy) is 1. The van der Waals surface area contributed by atoms with Crippen LogP contribution in [0.4, 0.5) is 4.39 Å². The number of thioether (sulfide) groups is 1. The highest BCUT2D eigenvalue weighted by Gasteiger charge is 2.27. The molecule has 0 spiro atoms. The number of hydrogen-bond acceptors (Lipinski definition) is 8. The molecule has 0 N–H and O–H groups in total. The van der Waals surface area contributed by atoms with Gasteiger partial charge in [-0.15, -0.1) is 0 Å². The maximum Gasteiger partial charge on any atom is 0.244 e. The van der Waals surface area contributed by atoms with Crippen LogP contribution < -0.4 is 0 Å². The molecule has 1 aliphatic rings. The summed E-state index contributed by atoms with van der Waals surface area (Å²) in [5.74, 6) is 0.344. The number of morpholine rings is 1. The maximum absolute atomic E-state index is 13.8. The third kappa shape index (κ3) is 4.79. The highest BCUT2D eigenvalue weighted by atomic mass is 32.2. The van der Waals surface area contributed by atoms with Gasteiger partial charge in [0.05, 0.1) is 23.5 Å². The maximum atomic E-state index is 13.8. The van der Waals surface area contributed by atoms with E-state index < -0.39 is 10.0 Å². The number of rotatable bonds is 6. The van der Waals surface area contributed by atoms with Crippen LogP contribution in [-0.4, -0.2) is 54.2 Å². The molecule has 0 bridgehead atoms. The Morgan fingerprint density at radius 2 is 1.97 bits per heavy atom. The lowest BCUT2D eigenvalue weighted by atomic mass is 10.1. The predicted octanol–water partition coefficient (Wildman–Crippen LogP) is 3.45. The van der Waals surface area contributed by atoms with E-state index in [2.05, 4.69) is 15.1 Å². The molecule has 0 saturated carbocycles. The number of hydrogen-bond donors (Lipinski definition) is 0. The minimum absolute atomic E-state index is 0.146. The van der Waals surface area contributed by atoms with Crippen molar-refractivity contribution in [3.05, 3.63) is 53.8 Å². The molecule has 1 aliphatic heterocycles. The second kappa shape index (κ2) is 9.03. The Hall–Kier alpha value is -2.34. The van der Waals surface area contributed by atoms with Gasteiger partial charge in [0.15, 0.2) is 0 Å². The molecule has 8 nitrogen and oxygen atoms in total. The van der Waals surface area contributed by atoms with Crippen molar-refractivity contribution in [3.63, 3.8) is 0 Å². The Morgan fingerprint density at radius 1 is 1.19 bits per heavy atom. The highest BCUT2D eigenvalue weighted by Crippen LogP contribution is 2.34. The molecule has 1 fully saturated rings. The second-order valence-corrected chi connectivity index (χ2v) is 10.3. The smallest absolute Gasteiger partial charge is 0.244 e. The van der Waals surface area contributed by atoms with Gasteiger partial charge in [0.2, 0.25) is 21.7 Å². The van der Waals surface area contributed by atoms with E-state index in [-0.39, 0.29) is 16.0 Å². The second-order valence-electron chi connectivity index (χ2n) is 7.03. The van der Waals surface area contributed by atoms with Gasteiger partial charge in [-0.3, -0.25) is 0 Å². The number of aromatic nitrogens is 3. The van der Waals surface area contributed by atoms with Crippen molar-refractivity contribution >= 4 is 21.8 Å². The minimum atomic E-state index is -3.58. The molecule has 4 rings (SSSR count). The lowest BCUT2D eigenvalue weighted by molar-refractivity contribution is 0.0730. The van der Waals surface area contributed by atoms with E-state index in [1.54, 1.807) is 31.2 Å². The third-order valence-electron chi connectivity index (χ3n) is 4.83. The topological polar surface area (TPSA) is 98.4 Å². The van der Waals surface area contributed by atoms with Crippen molar-refractivity contribution < 1.29 is 22.1 Å². The summed E-state index contributed by atoms with van der Waals surface area (Å²) in [4.78, 5) is 8.78. The van der Waals surface area contributed by atoms with E-state index in [0.717, 1.165) is 0 Å². The predicted molar refractivity (Wildman–Crippen MR) is 113 cm³/mol. The van der Waals surface area contributed by atoms with E-state index >= 15 is 0 Å². The van der Waals surface area contributed by atoms with Crippen LogP contribution in [0, 0.1) is 12.7 Å². The Balaban J connectivity index is 1.45. The zero-order valence-corrected chi connectivity index (χ0v) is 18.6. The zero-order valence-electron chi connectivity index (χ0n) is 17.0. The molecule has 0 aliphatic carbocycles. The monoisotopic (exact) mass is 464 g/mol. The summed E-state index contributed by atoms with van der Waals surface area (Å²) in [6.45, 7) is 5.00. The average Bonchev–Trinajstić information content (AvgIpc) is 3.27. The van der Waals surface area contributed by atoms with Gasteiger partial charge in [0.1, 0.15) is 10.7 Å². The van der Waals surface area contributed by atoms with Crippen LogP contribution in [0.2, 0.25) is 0 Å². The Morgan fingerprint density at radius 3 is 2.65 bits per heavy atom. The number of halogens is 1. The highest BCUT2D eigenvalue weighted by molar-refractivity contribution is 7.99. The van der Waals surface area contributed by atoms with Crippen LogP contribution in [0.25, 0.3) is 11.4 Å². The molecule has 0 radical (unpaired) electrons. The number of sulfonamides is 1. The fraction of sp³-hybridized carbons (Fsp3) is 0.350. The first-order valence-corrected chi connectivity index (χ1v) is 12.0. The van der Waals surface area contributed by atoms with Gasteiger partial charge < -0.3 is 9.26 Å². The fourth-order valence-electron chi connectivity index (χ4n) is 3.01. The van der Waals surface area contributed by atoms with Crippen LogP contribution in [0.15, 0.2) is 51.0 Å². The Kier molecular flexibility index (Phi) is 6.37. The molecule has 1 aromatic carbocycles. The summed E-state index contributed by atoms with van der Waals surface area (Å²) in [6, 6.07) is 7.97. The largest absolute Gasteiger partial charge is 0.379 e. The summed E-state index contributed by atoms with van der Waals surface area (Å²) >= 11 is 1.36. The summed E-state index contributed by atoms with van der Waals surface area (Å²) < 4.78 is 51.1. The third-order valence-corrected chi connectivity index (χ3v) is 7.75. The Labute approximate surface area is 183 Å². The fourth-order valence-corrected chi connectivity index (χ4v) is 5.18. The molecule has 11 heteroatoms. The van der Waals surface area contributed by atoms with Crippen molar-refractivity contribution in [1.29, 1.82) is 0 Å². The van der Waals surface area contributed by atoms with Crippen molar-refractivity contribution in [2.75, 3.05) is 26.3 Å². The van der Waals surface area contributed by atoms with Crippen LogP contribution in [0.3, 0.4) is 0 Å². The zero-order chi connectivity index (χ0) is 22.0. The molecule has 1 saturated heterocycles. The lowest BCUT2D eigenvalue weighted by Crippen LogP contribution is -2.40. The normalized spacial score (nSPS) is 16.4. The first-order valence-electron chi connectivity index (χ1n) is 9.65. The van der Waals surface area contributed by atoms with Gasteiger partial charge in [-0.2, -0.15) is 9.29 Å². The van der Waals surface area contributed by atoms with E-state index in [9.17, 15) is 12.8 Å². The summed E-state index contributed by atoms with van der Waals surface area (Å²) in [6.07, 6.45) is 1.36. The standard InChI is InChI=1S/C20H21FN4O4S2/c1-13-3-4-15(11-17(13)21)19-23-20(29-24-19)14(2)30-18-6-5-16(12-22-18)31(26,27)25-7-9-28-10-8-25/h3-6,11-12,14H,7-10H2,1-2H3/t14-/m0/s1. The van der Waals surface area contributed by atoms with E-state index in [1.165, 1.54) is 28.3 Å². The van der Waals surface area contributed by atoms with Crippen LogP contribution in [0.5, 0.6) is 0 Å². The van der Waals surface area contributed by atoms with Gasteiger partial charge in [0, 0.05) is 24.8 Å². The first-order chi connectivity index (χ1) is 14.8. The number of nitrogens with zero attached hydrogens (tertiary/aromatic N) is 4. The van der Waals surface area contributed by atoms with Crippen LogP contribution in [-0.2, 0) is 14.8 Å². The summed E-state index contributed by atoms with van der Waals surface area (Å²) in [5.41, 5.74) is 1.08.